The van der Waals surface area contributed by atoms with Gasteiger partial charge in [-0.1, -0.05) is 0 Å². The molecular weight excluding hydrogens is 374 g/mol. The lowest BCUT2D eigenvalue weighted by molar-refractivity contribution is -0.136. The van der Waals surface area contributed by atoms with Crippen LogP contribution in [0.1, 0.15) is 42.5 Å². The van der Waals surface area contributed by atoms with Gasteiger partial charge in [0.1, 0.15) is 6.26 Å². The van der Waals surface area contributed by atoms with Crippen LogP contribution in [0.15, 0.2) is 27.6 Å². The fraction of sp³-hybridized carbons (Fsp3) is 0.667. The molecule has 0 radical (unpaired) electrons. The van der Waals surface area contributed by atoms with Crippen LogP contribution in [0.2, 0.25) is 0 Å². The monoisotopic (exact) mass is 403 g/mol. The molecule has 158 valence electrons. The summed E-state index contributed by atoms with van der Waals surface area (Å²) in [5.41, 5.74) is -0.129. The summed E-state index contributed by atoms with van der Waals surface area (Å²) in [5, 5.41) is 2.97. The van der Waals surface area contributed by atoms with E-state index in [-0.39, 0.29) is 23.9 Å². The third-order valence-corrected chi connectivity index (χ3v) is 6.17. The molecule has 0 aromatic carbocycles. The van der Waals surface area contributed by atoms with E-state index in [0.717, 1.165) is 25.3 Å². The molecular formula is C21H29N3O5. The molecule has 2 atom stereocenters. The Morgan fingerprint density at radius 1 is 1.07 bits per heavy atom. The summed E-state index contributed by atoms with van der Waals surface area (Å²) in [6, 6.07) is 3.19. The van der Waals surface area contributed by atoms with Crippen molar-refractivity contribution in [2.45, 2.75) is 44.2 Å². The number of rotatable bonds is 7. The fourth-order valence-corrected chi connectivity index (χ4v) is 4.29. The second-order valence-electron chi connectivity index (χ2n) is 8.28. The van der Waals surface area contributed by atoms with Crippen LogP contribution in [0.4, 0.5) is 0 Å². The molecule has 2 saturated heterocycles. The van der Waals surface area contributed by atoms with Gasteiger partial charge in [0.05, 0.1) is 18.8 Å². The molecule has 1 aromatic heterocycles. The van der Waals surface area contributed by atoms with E-state index in [1.54, 1.807) is 0 Å². The molecule has 0 bridgehead atoms. The molecule has 29 heavy (non-hydrogen) atoms. The topological polar surface area (TPSA) is 92.1 Å². The molecule has 3 heterocycles. The lowest BCUT2D eigenvalue weighted by Crippen LogP contribution is -2.47. The molecule has 1 N–H and O–H groups in total. The van der Waals surface area contributed by atoms with Crippen molar-refractivity contribution in [3.05, 3.63) is 34.4 Å². The van der Waals surface area contributed by atoms with Crippen molar-refractivity contribution in [1.29, 1.82) is 0 Å². The minimum atomic E-state index is -0.472. The van der Waals surface area contributed by atoms with Crippen molar-refractivity contribution in [1.82, 2.24) is 15.1 Å². The van der Waals surface area contributed by atoms with Gasteiger partial charge in [0.25, 0.3) is 5.91 Å². The summed E-state index contributed by atoms with van der Waals surface area (Å²) in [6.07, 6.45) is 6.19. The highest BCUT2D eigenvalue weighted by Gasteiger charge is 2.38. The normalized spacial score (nSPS) is 25.2. The number of ether oxygens (including phenoxy) is 1. The first-order valence-electron chi connectivity index (χ1n) is 10.6. The minimum absolute atomic E-state index is 0.211. The van der Waals surface area contributed by atoms with Crippen molar-refractivity contribution in [2.24, 2.45) is 5.92 Å². The first kappa shape index (κ1) is 20.1. The minimum Gasteiger partial charge on any atom is -0.430 e. The lowest BCUT2D eigenvalue weighted by Gasteiger charge is -2.33. The van der Waals surface area contributed by atoms with Gasteiger partial charge < -0.3 is 19.4 Å². The van der Waals surface area contributed by atoms with Crippen LogP contribution in [-0.4, -0.2) is 73.1 Å². The zero-order valence-corrected chi connectivity index (χ0v) is 16.7. The highest BCUT2D eigenvalue weighted by molar-refractivity contribution is 5.93. The fourth-order valence-electron chi connectivity index (χ4n) is 4.29. The Morgan fingerprint density at radius 3 is 2.52 bits per heavy atom. The second-order valence-corrected chi connectivity index (χ2v) is 8.28. The highest BCUT2D eigenvalue weighted by atomic mass is 16.5. The lowest BCUT2D eigenvalue weighted by atomic mass is 10.1. The number of carbonyl (C=O) groups excluding carboxylic acids is 2. The van der Waals surface area contributed by atoms with E-state index in [0.29, 0.717) is 44.8 Å². The van der Waals surface area contributed by atoms with Crippen molar-refractivity contribution in [3.63, 3.8) is 0 Å². The van der Waals surface area contributed by atoms with Crippen molar-refractivity contribution in [2.75, 3.05) is 39.4 Å². The average Bonchev–Trinajstić information content (AvgIpc) is 3.49. The number of morpholine rings is 1. The number of nitrogens with zero attached hydrogens (tertiary/aromatic N) is 2. The van der Waals surface area contributed by atoms with Gasteiger partial charge in [0.15, 0.2) is 0 Å². The van der Waals surface area contributed by atoms with E-state index in [4.69, 9.17) is 9.15 Å². The van der Waals surface area contributed by atoms with Crippen LogP contribution in [0, 0.1) is 5.92 Å². The number of hydrogen-bond acceptors (Lipinski definition) is 6. The largest absolute Gasteiger partial charge is 0.430 e. The average molecular weight is 403 g/mol. The van der Waals surface area contributed by atoms with Gasteiger partial charge in [-0.25, -0.2) is 4.79 Å². The van der Waals surface area contributed by atoms with Crippen LogP contribution in [0.5, 0.6) is 0 Å². The molecule has 1 aliphatic carbocycles. The van der Waals surface area contributed by atoms with Crippen LogP contribution >= 0.6 is 0 Å². The quantitative estimate of drug-likeness (QED) is 0.726. The third-order valence-electron chi connectivity index (χ3n) is 6.17. The smallest absolute Gasteiger partial charge is 0.335 e. The summed E-state index contributed by atoms with van der Waals surface area (Å²) in [5.74, 6) is 0.687. The van der Waals surface area contributed by atoms with Crippen LogP contribution in [0.25, 0.3) is 0 Å². The van der Waals surface area contributed by atoms with E-state index in [1.165, 1.54) is 31.2 Å². The predicted molar refractivity (Wildman–Crippen MR) is 106 cm³/mol. The first-order chi connectivity index (χ1) is 14.1. The molecule has 4 rings (SSSR count). The Bertz CT molecular complexity index is 764. The van der Waals surface area contributed by atoms with Gasteiger partial charge in [-0.2, -0.15) is 0 Å². The molecule has 3 fully saturated rings. The molecule has 8 nitrogen and oxygen atoms in total. The Hall–Kier alpha value is -2.19. The maximum Gasteiger partial charge on any atom is 0.335 e. The van der Waals surface area contributed by atoms with E-state index < -0.39 is 5.63 Å². The number of hydrogen-bond donors (Lipinski definition) is 1. The standard InChI is InChI=1S/C21H29N3O5/c25-19(23-7-9-28-10-8-23)11-17-4-5-18(24(17)13-15-1-2-15)12-22-21(27)16-3-6-20(26)29-14-16/h3,6,14-15,17-18H,1-2,4-5,7-13H2,(H,22,27)/t17-,18+/m1/s1. The van der Waals surface area contributed by atoms with Gasteiger partial charge in [-0.05, 0) is 37.7 Å². The third kappa shape index (κ3) is 5.25. The van der Waals surface area contributed by atoms with Crippen LogP contribution in [-0.2, 0) is 9.53 Å². The zero-order valence-electron chi connectivity index (χ0n) is 16.7. The number of carbonyl (C=O) groups is 2. The number of amides is 2. The molecule has 1 saturated carbocycles. The summed E-state index contributed by atoms with van der Waals surface area (Å²) in [4.78, 5) is 40.5. The van der Waals surface area contributed by atoms with Crippen LogP contribution < -0.4 is 10.9 Å². The molecule has 1 aromatic rings. The van der Waals surface area contributed by atoms with E-state index in [1.807, 2.05) is 4.90 Å². The summed E-state index contributed by atoms with van der Waals surface area (Å²) in [7, 11) is 0. The van der Waals surface area contributed by atoms with Gasteiger partial charge in [-0.3, -0.25) is 14.5 Å². The first-order valence-corrected chi connectivity index (χ1v) is 10.6. The maximum atomic E-state index is 12.7. The Kier molecular flexibility index (Phi) is 6.30. The summed E-state index contributed by atoms with van der Waals surface area (Å²) in [6.45, 7) is 4.14. The van der Waals surface area contributed by atoms with Gasteiger partial charge in [-0.15, -0.1) is 0 Å². The molecule has 2 amide bonds. The van der Waals surface area contributed by atoms with Gasteiger partial charge >= 0.3 is 5.63 Å². The van der Waals surface area contributed by atoms with Gasteiger partial charge in [0, 0.05) is 50.7 Å². The predicted octanol–water partition coefficient (Wildman–Crippen LogP) is 0.862. The molecule has 2 aliphatic heterocycles. The summed E-state index contributed by atoms with van der Waals surface area (Å²) >= 11 is 0. The SMILES string of the molecule is O=C(NC[C@@H]1CC[C@H](CC(=O)N2CCOCC2)N1CC1CC1)c1ccc(=O)oc1. The Balaban J connectivity index is 1.33. The van der Waals surface area contributed by atoms with E-state index in [2.05, 4.69) is 10.2 Å². The number of likely N-dealkylation sites (tertiary alicyclic amines) is 1. The van der Waals surface area contributed by atoms with E-state index >= 15 is 0 Å². The molecule has 0 spiro atoms. The number of nitrogens with one attached hydrogen (secondary N) is 1. The molecule has 3 aliphatic rings. The van der Waals surface area contributed by atoms with Crippen molar-refractivity contribution < 1.29 is 18.7 Å². The summed E-state index contributed by atoms with van der Waals surface area (Å²) < 4.78 is 10.1. The van der Waals surface area contributed by atoms with Gasteiger partial charge in [0.2, 0.25) is 5.91 Å². The van der Waals surface area contributed by atoms with Crippen LogP contribution in [0.3, 0.4) is 0 Å². The maximum absolute atomic E-state index is 12.7. The Morgan fingerprint density at radius 2 is 1.83 bits per heavy atom. The van der Waals surface area contributed by atoms with Crippen molar-refractivity contribution >= 4 is 11.8 Å². The second kappa shape index (κ2) is 9.09. The molecule has 8 heteroatoms. The van der Waals surface area contributed by atoms with E-state index in [9.17, 15) is 14.4 Å². The van der Waals surface area contributed by atoms with Crippen molar-refractivity contribution in [3.8, 4) is 0 Å². The molecule has 0 unspecified atom stereocenters. The zero-order chi connectivity index (χ0) is 20.2. The highest BCUT2D eigenvalue weighted by Crippen LogP contribution is 2.35. The Labute approximate surface area is 170 Å².